The van der Waals surface area contributed by atoms with Gasteiger partial charge in [-0.2, -0.15) is 0 Å². The number of alkyl halides is 1. The predicted molar refractivity (Wildman–Crippen MR) is 71.0 cm³/mol. The van der Waals surface area contributed by atoms with Crippen LogP contribution in [0, 0.1) is 5.92 Å². The molecule has 1 saturated heterocycles. The first-order valence-corrected chi connectivity index (χ1v) is 6.78. The Morgan fingerprint density at radius 3 is 3.11 bits per heavy atom. The molecular weight excluding hydrogens is 252 g/mol. The zero-order valence-corrected chi connectivity index (χ0v) is 10.9. The Balaban J connectivity index is 2.09. The molecule has 0 bridgehead atoms. The van der Waals surface area contributed by atoms with Gasteiger partial charge in [-0.25, -0.2) is 0 Å². The quantitative estimate of drug-likeness (QED) is 0.851. The van der Waals surface area contributed by atoms with Crippen LogP contribution in [0.25, 0.3) is 0 Å². The molecule has 0 spiro atoms. The molecule has 98 valence electrons. The Morgan fingerprint density at radius 1 is 1.56 bits per heavy atom. The van der Waals surface area contributed by atoms with E-state index in [2.05, 4.69) is 4.98 Å². The number of H-pyrrole nitrogens is 1. The highest BCUT2D eigenvalue weighted by molar-refractivity contribution is 6.17. The highest BCUT2D eigenvalue weighted by atomic mass is 35.5. The molecule has 0 radical (unpaired) electrons. The number of likely N-dealkylation sites (tertiary alicyclic amines) is 1. The molecule has 1 aliphatic rings. The smallest absolute Gasteiger partial charge is 0.259 e. The average molecular weight is 269 g/mol. The summed E-state index contributed by atoms with van der Waals surface area (Å²) in [5, 5.41) is 0. The zero-order chi connectivity index (χ0) is 13.0. The van der Waals surface area contributed by atoms with E-state index in [-0.39, 0.29) is 16.9 Å². The van der Waals surface area contributed by atoms with E-state index in [1.165, 1.54) is 18.5 Å². The number of halogens is 1. The van der Waals surface area contributed by atoms with Gasteiger partial charge in [0, 0.05) is 37.4 Å². The molecule has 1 amide bonds. The van der Waals surface area contributed by atoms with Crippen LogP contribution in [-0.4, -0.2) is 34.8 Å². The van der Waals surface area contributed by atoms with Crippen LogP contribution in [0.5, 0.6) is 0 Å². The summed E-state index contributed by atoms with van der Waals surface area (Å²) in [6.07, 6.45) is 6.04. The molecule has 18 heavy (non-hydrogen) atoms. The number of piperidine rings is 1. The van der Waals surface area contributed by atoms with Gasteiger partial charge in [-0.1, -0.05) is 0 Å². The van der Waals surface area contributed by atoms with Crippen LogP contribution < -0.4 is 5.43 Å². The zero-order valence-electron chi connectivity index (χ0n) is 10.2. The first-order valence-electron chi connectivity index (χ1n) is 6.24. The number of hydrogen-bond acceptors (Lipinski definition) is 2. The van der Waals surface area contributed by atoms with Gasteiger partial charge in [0.05, 0.1) is 0 Å². The van der Waals surface area contributed by atoms with E-state index in [4.69, 9.17) is 11.6 Å². The molecule has 2 heterocycles. The third kappa shape index (κ3) is 2.93. The summed E-state index contributed by atoms with van der Waals surface area (Å²) in [5.74, 6) is 0.914. The van der Waals surface area contributed by atoms with Gasteiger partial charge in [-0.05, 0) is 25.2 Å². The van der Waals surface area contributed by atoms with E-state index >= 15 is 0 Å². The summed E-state index contributed by atoms with van der Waals surface area (Å²) in [7, 11) is 0. The lowest BCUT2D eigenvalue weighted by Gasteiger charge is -2.32. The highest BCUT2D eigenvalue weighted by Crippen LogP contribution is 2.20. The van der Waals surface area contributed by atoms with Crippen LogP contribution >= 0.6 is 11.6 Å². The number of aromatic nitrogens is 1. The van der Waals surface area contributed by atoms with Gasteiger partial charge in [0.25, 0.3) is 5.91 Å². The highest BCUT2D eigenvalue weighted by Gasteiger charge is 2.25. The van der Waals surface area contributed by atoms with Crippen molar-refractivity contribution in [2.75, 3.05) is 19.0 Å². The van der Waals surface area contributed by atoms with Crippen LogP contribution in [-0.2, 0) is 0 Å². The third-order valence-electron chi connectivity index (χ3n) is 3.38. The van der Waals surface area contributed by atoms with Gasteiger partial charge < -0.3 is 9.88 Å². The topological polar surface area (TPSA) is 53.2 Å². The van der Waals surface area contributed by atoms with Crippen LogP contribution in [0.2, 0.25) is 0 Å². The van der Waals surface area contributed by atoms with E-state index in [0.717, 1.165) is 25.8 Å². The summed E-state index contributed by atoms with van der Waals surface area (Å²) in [6.45, 7) is 1.44. The molecule has 2 rings (SSSR count). The molecule has 0 aromatic carbocycles. The van der Waals surface area contributed by atoms with Crippen molar-refractivity contribution in [2.45, 2.75) is 19.3 Å². The van der Waals surface area contributed by atoms with Gasteiger partial charge in [0.15, 0.2) is 5.43 Å². The van der Waals surface area contributed by atoms with Crippen molar-refractivity contribution in [3.8, 4) is 0 Å². The molecule has 4 nitrogen and oxygen atoms in total. The number of rotatable bonds is 3. The molecule has 0 aliphatic carbocycles. The number of pyridine rings is 1. The van der Waals surface area contributed by atoms with E-state index < -0.39 is 0 Å². The Kier molecular flexibility index (Phi) is 4.42. The minimum Gasteiger partial charge on any atom is -0.367 e. The second-order valence-corrected chi connectivity index (χ2v) is 5.04. The number of hydrogen-bond donors (Lipinski definition) is 1. The monoisotopic (exact) mass is 268 g/mol. The Bertz CT molecular complexity index is 470. The van der Waals surface area contributed by atoms with Gasteiger partial charge >= 0.3 is 0 Å². The molecular formula is C13H17ClN2O2. The van der Waals surface area contributed by atoms with Gasteiger partial charge in [-0.3, -0.25) is 9.59 Å². The Morgan fingerprint density at radius 2 is 2.39 bits per heavy atom. The molecule has 1 aromatic rings. The SMILES string of the molecule is O=C(c1c[nH]ccc1=O)N1CCCC(CCCl)C1. The normalized spacial score (nSPS) is 19.8. The van der Waals surface area contributed by atoms with Crippen molar-refractivity contribution in [3.63, 3.8) is 0 Å². The molecule has 1 fully saturated rings. The van der Waals surface area contributed by atoms with Crippen molar-refractivity contribution in [2.24, 2.45) is 5.92 Å². The number of amides is 1. The van der Waals surface area contributed by atoms with E-state index in [1.54, 1.807) is 4.90 Å². The summed E-state index contributed by atoms with van der Waals surface area (Å²) in [5.41, 5.74) is 0.00207. The maximum Gasteiger partial charge on any atom is 0.259 e. The fourth-order valence-electron chi connectivity index (χ4n) is 2.39. The molecule has 1 aromatic heterocycles. The maximum absolute atomic E-state index is 12.2. The minimum absolute atomic E-state index is 0.170. The first-order chi connectivity index (χ1) is 8.72. The van der Waals surface area contributed by atoms with Gasteiger partial charge in [0.1, 0.15) is 5.56 Å². The minimum atomic E-state index is -0.224. The van der Waals surface area contributed by atoms with Crippen LogP contribution in [0.3, 0.4) is 0 Å². The lowest BCUT2D eigenvalue weighted by Crippen LogP contribution is -2.41. The maximum atomic E-state index is 12.2. The molecule has 1 N–H and O–H groups in total. The van der Waals surface area contributed by atoms with Gasteiger partial charge in [-0.15, -0.1) is 11.6 Å². The van der Waals surface area contributed by atoms with E-state index in [1.807, 2.05) is 0 Å². The Hall–Kier alpha value is -1.29. The molecule has 1 atom stereocenters. The van der Waals surface area contributed by atoms with Crippen LogP contribution in [0.4, 0.5) is 0 Å². The van der Waals surface area contributed by atoms with Crippen molar-refractivity contribution in [3.05, 3.63) is 34.2 Å². The van der Waals surface area contributed by atoms with Crippen LogP contribution in [0.1, 0.15) is 29.6 Å². The predicted octanol–water partition coefficient (Wildman–Crippen LogP) is 1.86. The fraction of sp³-hybridized carbons (Fsp3) is 0.538. The van der Waals surface area contributed by atoms with Gasteiger partial charge in [0.2, 0.25) is 0 Å². The third-order valence-corrected chi connectivity index (χ3v) is 3.60. The second kappa shape index (κ2) is 6.05. The molecule has 0 saturated carbocycles. The average Bonchev–Trinajstić information content (AvgIpc) is 2.39. The van der Waals surface area contributed by atoms with Crippen molar-refractivity contribution in [1.82, 2.24) is 9.88 Å². The van der Waals surface area contributed by atoms with Crippen LogP contribution in [0.15, 0.2) is 23.3 Å². The summed E-state index contributed by atoms with van der Waals surface area (Å²) in [6, 6.07) is 1.38. The number of nitrogens with zero attached hydrogens (tertiary/aromatic N) is 1. The Labute approximate surface area is 111 Å². The number of carbonyl (C=O) groups excluding carboxylic acids is 1. The van der Waals surface area contributed by atoms with E-state index in [0.29, 0.717) is 18.3 Å². The lowest BCUT2D eigenvalue weighted by atomic mass is 9.95. The van der Waals surface area contributed by atoms with E-state index in [9.17, 15) is 9.59 Å². The largest absolute Gasteiger partial charge is 0.367 e. The molecule has 5 heteroatoms. The molecule has 1 unspecified atom stereocenters. The van der Waals surface area contributed by atoms with Crippen molar-refractivity contribution >= 4 is 17.5 Å². The fourth-order valence-corrected chi connectivity index (χ4v) is 2.70. The standard InChI is InChI=1S/C13H17ClN2O2/c14-5-3-10-2-1-7-16(9-10)13(18)11-8-15-6-4-12(11)17/h4,6,8,10H,1-3,5,7,9H2,(H,15,17). The van der Waals surface area contributed by atoms with Crippen molar-refractivity contribution < 1.29 is 4.79 Å². The first kappa shape index (κ1) is 13.1. The number of aromatic amines is 1. The molecule has 1 aliphatic heterocycles. The van der Waals surface area contributed by atoms with Crippen molar-refractivity contribution in [1.29, 1.82) is 0 Å². The number of carbonyl (C=O) groups is 1. The lowest BCUT2D eigenvalue weighted by molar-refractivity contribution is 0.0670. The summed E-state index contributed by atoms with van der Waals surface area (Å²) in [4.78, 5) is 28.4. The summed E-state index contributed by atoms with van der Waals surface area (Å²) < 4.78 is 0. The summed E-state index contributed by atoms with van der Waals surface area (Å²) >= 11 is 5.75. The number of nitrogens with one attached hydrogen (secondary N) is 1. The second-order valence-electron chi connectivity index (χ2n) is 4.66.